The van der Waals surface area contributed by atoms with Crippen LogP contribution >= 0.6 is 0 Å². The third kappa shape index (κ3) is 1.28. The highest BCUT2D eigenvalue weighted by Gasteiger charge is 2.48. The molecule has 11 heavy (non-hydrogen) atoms. The highest BCUT2D eigenvalue weighted by Crippen LogP contribution is 2.45. The van der Waals surface area contributed by atoms with Crippen molar-refractivity contribution in [3.8, 4) is 0 Å². The zero-order valence-electron chi connectivity index (χ0n) is 6.93. The Hall–Kier alpha value is -0.120. The van der Waals surface area contributed by atoms with E-state index in [2.05, 4.69) is 5.32 Å². The standard InChI is InChI=1S/C8H15NO2/c1-10-6-11-7-2-8(3-7)4-9-5-8/h7,9H,2-6H2,1H3. The molecule has 3 heteroatoms. The molecule has 1 saturated heterocycles. The van der Waals surface area contributed by atoms with Gasteiger partial charge in [0.1, 0.15) is 6.79 Å². The maximum Gasteiger partial charge on any atom is 0.146 e. The molecular formula is C8H15NO2. The van der Waals surface area contributed by atoms with Gasteiger partial charge in [0.25, 0.3) is 0 Å². The normalized spacial score (nSPS) is 28.1. The van der Waals surface area contributed by atoms with Crippen LogP contribution in [0.15, 0.2) is 0 Å². The van der Waals surface area contributed by atoms with Crippen molar-refractivity contribution in [2.75, 3.05) is 27.0 Å². The second-order valence-electron chi connectivity index (χ2n) is 3.71. The van der Waals surface area contributed by atoms with Crippen LogP contribution in [-0.4, -0.2) is 33.1 Å². The molecule has 0 aromatic rings. The predicted molar refractivity (Wildman–Crippen MR) is 41.3 cm³/mol. The van der Waals surface area contributed by atoms with Crippen LogP contribution in [0.25, 0.3) is 0 Å². The zero-order chi connectivity index (χ0) is 7.73. The van der Waals surface area contributed by atoms with Crippen molar-refractivity contribution in [2.24, 2.45) is 5.41 Å². The van der Waals surface area contributed by atoms with Crippen LogP contribution in [0, 0.1) is 5.41 Å². The van der Waals surface area contributed by atoms with Gasteiger partial charge in [-0.25, -0.2) is 0 Å². The summed E-state index contributed by atoms with van der Waals surface area (Å²) in [7, 11) is 1.67. The highest BCUT2D eigenvalue weighted by atomic mass is 16.7. The SMILES string of the molecule is COCOC1CC2(CNC2)C1. The molecule has 0 atom stereocenters. The molecule has 0 bridgehead atoms. The van der Waals surface area contributed by atoms with E-state index in [-0.39, 0.29) is 0 Å². The zero-order valence-corrected chi connectivity index (χ0v) is 6.93. The van der Waals surface area contributed by atoms with Crippen LogP contribution in [0.1, 0.15) is 12.8 Å². The minimum Gasteiger partial charge on any atom is -0.359 e. The Bertz CT molecular complexity index is 137. The predicted octanol–water partition coefficient (Wildman–Crippen LogP) is 0.359. The minimum absolute atomic E-state index is 0.453. The summed E-state index contributed by atoms with van der Waals surface area (Å²) in [6, 6.07) is 0. The van der Waals surface area contributed by atoms with Gasteiger partial charge in [-0.1, -0.05) is 0 Å². The van der Waals surface area contributed by atoms with Crippen LogP contribution in [0.3, 0.4) is 0 Å². The van der Waals surface area contributed by atoms with Gasteiger partial charge >= 0.3 is 0 Å². The lowest BCUT2D eigenvalue weighted by Crippen LogP contribution is -2.62. The quantitative estimate of drug-likeness (QED) is 0.600. The first-order valence-electron chi connectivity index (χ1n) is 4.16. The molecular weight excluding hydrogens is 142 g/mol. The topological polar surface area (TPSA) is 30.5 Å². The third-order valence-corrected chi connectivity index (χ3v) is 2.74. The van der Waals surface area contributed by atoms with E-state index in [1.807, 2.05) is 0 Å². The summed E-state index contributed by atoms with van der Waals surface area (Å²) >= 11 is 0. The number of hydrogen-bond acceptors (Lipinski definition) is 3. The largest absolute Gasteiger partial charge is 0.359 e. The van der Waals surface area contributed by atoms with Crippen molar-refractivity contribution in [1.82, 2.24) is 5.32 Å². The van der Waals surface area contributed by atoms with E-state index < -0.39 is 0 Å². The molecule has 1 N–H and O–H groups in total. The average molecular weight is 157 g/mol. The maximum absolute atomic E-state index is 5.41. The molecule has 0 aromatic heterocycles. The number of ether oxygens (including phenoxy) is 2. The van der Waals surface area contributed by atoms with Gasteiger partial charge in [-0.2, -0.15) is 0 Å². The highest BCUT2D eigenvalue weighted by molar-refractivity contribution is 5.03. The van der Waals surface area contributed by atoms with Crippen molar-refractivity contribution >= 4 is 0 Å². The van der Waals surface area contributed by atoms with E-state index in [0.717, 1.165) is 0 Å². The average Bonchev–Trinajstić information content (AvgIpc) is 1.81. The molecule has 0 unspecified atom stereocenters. The lowest BCUT2D eigenvalue weighted by molar-refractivity contribution is -0.152. The van der Waals surface area contributed by atoms with Crippen molar-refractivity contribution in [3.63, 3.8) is 0 Å². The minimum atomic E-state index is 0.453. The Morgan fingerprint density at radius 3 is 2.64 bits per heavy atom. The van der Waals surface area contributed by atoms with Gasteiger partial charge in [-0.3, -0.25) is 0 Å². The molecule has 1 spiro atoms. The van der Waals surface area contributed by atoms with Gasteiger partial charge in [-0.05, 0) is 12.8 Å². The Balaban J connectivity index is 1.63. The van der Waals surface area contributed by atoms with Crippen molar-refractivity contribution in [3.05, 3.63) is 0 Å². The van der Waals surface area contributed by atoms with Crippen molar-refractivity contribution in [1.29, 1.82) is 0 Å². The Labute approximate surface area is 67.1 Å². The van der Waals surface area contributed by atoms with Crippen molar-refractivity contribution in [2.45, 2.75) is 18.9 Å². The van der Waals surface area contributed by atoms with E-state index >= 15 is 0 Å². The van der Waals surface area contributed by atoms with Gasteiger partial charge < -0.3 is 14.8 Å². The first-order chi connectivity index (χ1) is 5.35. The molecule has 64 valence electrons. The second-order valence-corrected chi connectivity index (χ2v) is 3.71. The molecule has 2 fully saturated rings. The van der Waals surface area contributed by atoms with E-state index in [0.29, 0.717) is 18.3 Å². The summed E-state index contributed by atoms with van der Waals surface area (Å²) in [5.41, 5.74) is 0.623. The molecule has 1 heterocycles. The lowest BCUT2D eigenvalue weighted by atomic mass is 9.63. The van der Waals surface area contributed by atoms with Crippen LogP contribution in [0.2, 0.25) is 0 Å². The first kappa shape index (κ1) is 7.53. The summed E-state index contributed by atoms with van der Waals surface area (Å²) in [6.07, 6.45) is 2.92. The number of rotatable bonds is 3. The molecule has 1 saturated carbocycles. The van der Waals surface area contributed by atoms with Crippen molar-refractivity contribution < 1.29 is 9.47 Å². The Morgan fingerprint density at radius 2 is 2.18 bits per heavy atom. The fraction of sp³-hybridized carbons (Fsp3) is 1.00. The fourth-order valence-corrected chi connectivity index (χ4v) is 1.96. The summed E-state index contributed by atoms with van der Waals surface area (Å²) < 4.78 is 10.2. The molecule has 0 radical (unpaired) electrons. The smallest absolute Gasteiger partial charge is 0.146 e. The van der Waals surface area contributed by atoms with Crippen LogP contribution in [0.4, 0.5) is 0 Å². The molecule has 0 amide bonds. The number of hydrogen-bond donors (Lipinski definition) is 1. The molecule has 1 aliphatic carbocycles. The number of nitrogens with one attached hydrogen (secondary N) is 1. The summed E-state index contributed by atoms with van der Waals surface area (Å²) in [4.78, 5) is 0. The third-order valence-electron chi connectivity index (χ3n) is 2.74. The molecule has 3 nitrogen and oxygen atoms in total. The Kier molecular flexibility index (Phi) is 1.87. The van der Waals surface area contributed by atoms with E-state index in [1.54, 1.807) is 7.11 Å². The summed E-state index contributed by atoms with van der Waals surface area (Å²) in [6.45, 7) is 2.84. The summed E-state index contributed by atoms with van der Waals surface area (Å²) in [5.74, 6) is 0. The van der Waals surface area contributed by atoms with Crippen LogP contribution in [0.5, 0.6) is 0 Å². The molecule has 2 rings (SSSR count). The van der Waals surface area contributed by atoms with Crippen LogP contribution < -0.4 is 5.32 Å². The number of methoxy groups -OCH3 is 1. The van der Waals surface area contributed by atoms with E-state index in [1.165, 1.54) is 25.9 Å². The van der Waals surface area contributed by atoms with Gasteiger partial charge in [0.15, 0.2) is 0 Å². The maximum atomic E-state index is 5.41. The van der Waals surface area contributed by atoms with Gasteiger partial charge in [0.2, 0.25) is 0 Å². The first-order valence-corrected chi connectivity index (χ1v) is 4.16. The Morgan fingerprint density at radius 1 is 1.45 bits per heavy atom. The molecule has 2 aliphatic rings. The summed E-state index contributed by atoms with van der Waals surface area (Å²) in [5, 5.41) is 3.29. The van der Waals surface area contributed by atoms with Gasteiger partial charge in [-0.15, -0.1) is 0 Å². The van der Waals surface area contributed by atoms with Gasteiger partial charge in [0, 0.05) is 25.6 Å². The van der Waals surface area contributed by atoms with Crippen LogP contribution in [-0.2, 0) is 9.47 Å². The monoisotopic (exact) mass is 157 g/mol. The van der Waals surface area contributed by atoms with Gasteiger partial charge in [0.05, 0.1) is 6.10 Å². The molecule has 1 aliphatic heterocycles. The van der Waals surface area contributed by atoms with E-state index in [9.17, 15) is 0 Å². The fourth-order valence-electron chi connectivity index (χ4n) is 1.96. The molecule has 0 aromatic carbocycles. The van der Waals surface area contributed by atoms with E-state index in [4.69, 9.17) is 9.47 Å². The second kappa shape index (κ2) is 2.73. The lowest BCUT2D eigenvalue weighted by Gasteiger charge is -2.53.